The molecule has 2 N–H and O–H groups in total. The van der Waals surface area contributed by atoms with Crippen molar-refractivity contribution in [2.75, 3.05) is 5.75 Å². The number of rotatable bonds is 9. The number of amides is 2. The molecule has 10 heteroatoms. The molecule has 0 radical (unpaired) electrons. The third kappa shape index (κ3) is 5.89. The van der Waals surface area contributed by atoms with E-state index < -0.39 is 12.3 Å². The maximum atomic E-state index is 12.8. The fourth-order valence-corrected chi connectivity index (χ4v) is 6.64. The van der Waals surface area contributed by atoms with Crippen molar-refractivity contribution >= 4 is 29.5 Å². The normalized spacial score (nSPS) is 21.4. The van der Waals surface area contributed by atoms with E-state index >= 15 is 0 Å². The summed E-state index contributed by atoms with van der Waals surface area (Å²) >= 11 is 1.33. The molecule has 2 aliphatic rings. The molecule has 2 amide bonds. The number of hydrogen-bond donors (Lipinski definition) is 2. The minimum Gasteiger partial charge on any atom is -0.478 e. The number of carboxylic acid groups (broad SMARTS) is 1. The van der Waals surface area contributed by atoms with Gasteiger partial charge in [-0.05, 0) is 41.0 Å². The quantitative estimate of drug-likeness (QED) is 0.183. The van der Waals surface area contributed by atoms with Crippen LogP contribution in [0.4, 0.5) is 0 Å². The molecule has 3 heterocycles. The highest BCUT2D eigenvalue weighted by atomic mass is 32.2. The highest BCUT2D eigenvalue weighted by Crippen LogP contribution is 2.43. The first-order valence-corrected chi connectivity index (χ1v) is 15.2. The maximum Gasteiger partial charge on any atom is 0.338 e. The molecule has 0 spiro atoms. The van der Waals surface area contributed by atoms with Crippen molar-refractivity contribution in [1.82, 2.24) is 9.88 Å². The zero-order valence-corrected chi connectivity index (χ0v) is 24.6. The molecule has 4 atom stereocenters. The van der Waals surface area contributed by atoms with Crippen molar-refractivity contribution < 1.29 is 34.1 Å². The first-order chi connectivity index (χ1) is 21.3. The van der Waals surface area contributed by atoms with E-state index in [-0.39, 0.29) is 48.7 Å². The molecular formula is C34H30N2O7S. The van der Waals surface area contributed by atoms with E-state index in [1.807, 2.05) is 55.5 Å². The summed E-state index contributed by atoms with van der Waals surface area (Å²) in [6, 6.07) is 25.0. The molecule has 2 aliphatic heterocycles. The van der Waals surface area contributed by atoms with E-state index in [1.165, 1.54) is 22.7 Å². The molecule has 3 aromatic carbocycles. The van der Waals surface area contributed by atoms with Crippen LogP contribution in [0.15, 0.2) is 96.2 Å². The van der Waals surface area contributed by atoms with Gasteiger partial charge in [0.05, 0.1) is 42.0 Å². The van der Waals surface area contributed by atoms with Gasteiger partial charge in [0.15, 0.2) is 6.29 Å². The van der Waals surface area contributed by atoms with Crippen molar-refractivity contribution in [2.24, 2.45) is 5.92 Å². The third-order valence-electron chi connectivity index (χ3n) is 7.98. The summed E-state index contributed by atoms with van der Waals surface area (Å²) in [5.41, 5.74) is 4.24. The van der Waals surface area contributed by atoms with Crippen LogP contribution in [0.2, 0.25) is 0 Å². The van der Waals surface area contributed by atoms with Crippen molar-refractivity contribution in [1.29, 1.82) is 0 Å². The number of aliphatic hydroxyl groups is 1. The molecule has 1 fully saturated rings. The predicted molar refractivity (Wildman–Crippen MR) is 162 cm³/mol. The van der Waals surface area contributed by atoms with E-state index in [2.05, 4.69) is 4.98 Å². The number of pyridine rings is 1. The zero-order valence-electron chi connectivity index (χ0n) is 23.8. The number of aromatic nitrogens is 1. The number of hydrogen-bond acceptors (Lipinski definition) is 8. The summed E-state index contributed by atoms with van der Waals surface area (Å²) < 4.78 is 13.0. The lowest BCUT2D eigenvalue weighted by atomic mass is 9.91. The Hall–Kier alpha value is -4.35. The maximum absolute atomic E-state index is 12.8. The number of thioether (sulfide) groups is 1. The van der Waals surface area contributed by atoms with Crippen LogP contribution in [0.1, 0.15) is 72.6 Å². The molecule has 6 rings (SSSR count). The van der Waals surface area contributed by atoms with Gasteiger partial charge in [-0.15, -0.1) is 11.8 Å². The van der Waals surface area contributed by atoms with Crippen LogP contribution < -0.4 is 0 Å². The number of nitrogens with zero attached hydrogens (tertiary/aromatic N) is 2. The van der Waals surface area contributed by atoms with Gasteiger partial charge in [-0.3, -0.25) is 14.5 Å². The Morgan fingerprint density at radius 2 is 1.50 bits per heavy atom. The van der Waals surface area contributed by atoms with E-state index in [0.717, 1.165) is 22.3 Å². The Kier molecular flexibility index (Phi) is 8.58. The summed E-state index contributed by atoms with van der Waals surface area (Å²) in [6.45, 7) is 2.12. The summed E-state index contributed by atoms with van der Waals surface area (Å²) in [6.07, 6.45) is 0.187. The van der Waals surface area contributed by atoms with Crippen molar-refractivity contribution in [3.05, 3.63) is 130 Å². The molecule has 224 valence electrons. The van der Waals surface area contributed by atoms with Gasteiger partial charge in [-0.1, -0.05) is 67.6 Å². The van der Waals surface area contributed by atoms with Gasteiger partial charge in [0.25, 0.3) is 11.8 Å². The number of carbonyl (C=O) groups excluding carboxylic acids is 2. The third-order valence-corrected chi connectivity index (χ3v) is 9.07. The lowest BCUT2D eigenvalue weighted by Crippen LogP contribution is -2.38. The molecule has 0 aliphatic carbocycles. The van der Waals surface area contributed by atoms with Gasteiger partial charge in [-0.2, -0.15) is 0 Å². The smallest absolute Gasteiger partial charge is 0.338 e. The van der Waals surface area contributed by atoms with Gasteiger partial charge in [0.2, 0.25) is 0 Å². The van der Waals surface area contributed by atoms with Crippen LogP contribution in [0.5, 0.6) is 0 Å². The van der Waals surface area contributed by atoms with Gasteiger partial charge < -0.3 is 19.7 Å². The van der Waals surface area contributed by atoms with E-state index in [1.54, 1.807) is 36.5 Å². The SMILES string of the molecule is CC1C(CSc2ncccc2C(=O)O)OC(c2ccc(CN3C(=O)c4ccccc4C3=O)cc2)OC1c1ccc(CO)cc1. The largest absolute Gasteiger partial charge is 0.478 e. The molecule has 0 bridgehead atoms. The standard InChI is InChI=1S/C34H30N2O7S/c1-20-28(19-44-30-27(33(40)41)7-4-16-35-30)42-34(43-29(20)23-12-10-22(18-37)11-13-23)24-14-8-21(9-15-24)17-36-31(38)25-5-2-3-6-26(25)32(36)39/h2-16,20,28-29,34,37H,17-19H2,1H3,(H,40,41). The van der Waals surface area contributed by atoms with Gasteiger partial charge in [0.1, 0.15) is 5.03 Å². The lowest BCUT2D eigenvalue weighted by Gasteiger charge is -2.41. The van der Waals surface area contributed by atoms with Crippen molar-refractivity contribution in [3.8, 4) is 0 Å². The number of imide groups is 1. The topological polar surface area (TPSA) is 126 Å². The Labute approximate surface area is 258 Å². The Balaban J connectivity index is 1.22. The highest BCUT2D eigenvalue weighted by Gasteiger charge is 2.39. The van der Waals surface area contributed by atoms with Crippen LogP contribution >= 0.6 is 11.8 Å². The second-order valence-corrected chi connectivity index (χ2v) is 11.8. The van der Waals surface area contributed by atoms with Crippen LogP contribution in [-0.2, 0) is 22.6 Å². The minimum absolute atomic E-state index is 0.0601. The van der Waals surface area contributed by atoms with Crippen LogP contribution in [-0.4, -0.2) is 49.7 Å². The van der Waals surface area contributed by atoms with E-state index in [9.17, 15) is 24.6 Å². The highest BCUT2D eigenvalue weighted by molar-refractivity contribution is 7.99. The van der Waals surface area contributed by atoms with Gasteiger partial charge >= 0.3 is 5.97 Å². The van der Waals surface area contributed by atoms with Crippen LogP contribution in [0, 0.1) is 5.92 Å². The molecule has 0 saturated carbocycles. The predicted octanol–water partition coefficient (Wildman–Crippen LogP) is 5.65. The van der Waals surface area contributed by atoms with Gasteiger partial charge in [0, 0.05) is 23.4 Å². The number of carboxylic acids is 1. The monoisotopic (exact) mass is 610 g/mol. The number of benzene rings is 3. The first-order valence-electron chi connectivity index (χ1n) is 14.2. The number of fused-ring (bicyclic) bond motifs is 1. The second kappa shape index (κ2) is 12.7. The molecule has 1 aromatic heterocycles. The van der Waals surface area contributed by atoms with Crippen LogP contribution in [0.25, 0.3) is 0 Å². The zero-order chi connectivity index (χ0) is 30.8. The van der Waals surface area contributed by atoms with Gasteiger partial charge in [-0.25, -0.2) is 9.78 Å². The summed E-state index contributed by atoms with van der Waals surface area (Å²) in [5, 5.41) is 19.5. The number of aromatic carboxylic acids is 1. The first kappa shape index (κ1) is 29.7. The Bertz CT molecular complexity index is 1660. The summed E-state index contributed by atoms with van der Waals surface area (Å²) in [5.74, 6) is -1.30. The van der Waals surface area contributed by atoms with Crippen molar-refractivity contribution in [3.63, 3.8) is 0 Å². The summed E-state index contributed by atoms with van der Waals surface area (Å²) in [7, 11) is 0. The summed E-state index contributed by atoms with van der Waals surface area (Å²) in [4.78, 5) is 42.9. The number of ether oxygens (including phenoxy) is 2. The fourth-order valence-electron chi connectivity index (χ4n) is 5.49. The number of carbonyl (C=O) groups is 3. The fraction of sp³-hybridized carbons (Fsp3) is 0.235. The molecular weight excluding hydrogens is 580 g/mol. The molecule has 9 nitrogen and oxygen atoms in total. The van der Waals surface area contributed by atoms with E-state index in [4.69, 9.17) is 9.47 Å². The lowest BCUT2D eigenvalue weighted by molar-refractivity contribution is -0.268. The average Bonchev–Trinajstić information content (AvgIpc) is 3.29. The molecule has 4 aromatic rings. The van der Waals surface area contributed by atoms with Crippen molar-refractivity contribution in [2.45, 2.75) is 43.6 Å². The molecule has 1 saturated heterocycles. The van der Waals surface area contributed by atoms with Crippen LogP contribution in [0.3, 0.4) is 0 Å². The molecule has 44 heavy (non-hydrogen) atoms. The average molecular weight is 611 g/mol. The molecule has 4 unspecified atom stereocenters. The Morgan fingerprint density at radius 1 is 0.864 bits per heavy atom. The number of aliphatic hydroxyl groups excluding tert-OH is 1. The second-order valence-electron chi connectivity index (χ2n) is 10.8. The minimum atomic E-state index is -1.04. The van der Waals surface area contributed by atoms with E-state index in [0.29, 0.717) is 21.9 Å². The Morgan fingerprint density at radius 3 is 2.14 bits per heavy atom.